The van der Waals surface area contributed by atoms with Crippen LogP contribution < -0.4 is 10.0 Å². The third kappa shape index (κ3) is 7.58. The van der Waals surface area contributed by atoms with Crippen LogP contribution in [0.15, 0.2) is 0 Å². The Bertz CT molecular complexity index is 352. The second-order valence-electron chi connectivity index (χ2n) is 6.01. The zero-order valence-corrected chi connectivity index (χ0v) is 14.6. The maximum Gasteiger partial charge on any atom is 0.279 e. The van der Waals surface area contributed by atoms with Crippen LogP contribution in [0.5, 0.6) is 0 Å². The van der Waals surface area contributed by atoms with Crippen molar-refractivity contribution in [3.05, 3.63) is 0 Å². The molecule has 1 aliphatic rings. The molecule has 1 fully saturated rings. The smallest absolute Gasteiger partial charge is 0.279 e. The van der Waals surface area contributed by atoms with E-state index in [-0.39, 0.29) is 0 Å². The topological polar surface area (TPSA) is 61.4 Å². The van der Waals surface area contributed by atoms with Crippen LogP contribution in [0.1, 0.15) is 58.8 Å². The lowest BCUT2D eigenvalue weighted by atomic mass is 9.98. The Hall–Kier alpha value is -0.170. The van der Waals surface area contributed by atoms with Crippen LogP contribution in [0.4, 0.5) is 0 Å². The molecule has 2 N–H and O–H groups in total. The van der Waals surface area contributed by atoms with Crippen LogP contribution in [-0.4, -0.2) is 45.4 Å². The van der Waals surface area contributed by atoms with E-state index in [1.807, 2.05) is 0 Å². The molecule has 126 valence electrons. The molecule has 0 aromatic rings. The first-order chi connectivity index (χ1) is 10.1. The van der Waals surface area contributed by atoms with Crippen LogP contribution in [0.3, 0.4) is 0 Å². The molecule has 0 atom stereocenters. The van der Waals surface area contributed by atoms with E-state index >= 15 is 0 Å². The van der Waals surface area contributed by atoms with Gasteiger partial charge in [-0.1, -0.05) is 33.1 Å². The van der Waals surface area contributed by atoms with E-state index in [4.69, 9.17) is 0 Å². The van der Waals surface area contributed by atoms with E-state index in [9.17, 15) is 8.42 Å². The van der Waals surface area contributed by atoms with Gasteiger partial charge in [-0.25, -0.2) is 4.72 Å². The predicted octanol–water partition coefficient (Wildman–Crippen LogP) is 2.11. The zero-order valence-electron chi connectivity index (χ0n) is 13.7. The number of unbranched alkanes of at least 4 members (excludes halogenated alkanes) is 3. The molecule has 1 heterocycles. The fourth-order valence-corrected chi connectivity index (χ4v) is 3.96. The van der Waals surface area contributed by atoms with Crippen LogP contribution in [0.25, 0.3) is 0 Å². The highest BCUT2D eigenvalue weighted by Gasteiger charge is 2.27. The molecule has 1 saturated heterocycles. The van der Waals surface area contributed by atoms with Gasteiger partial charge in [0.15, 0.2) is 0 Å². The minimum absolute atomic E-state index is 0.570. The maximum absolute atomic E-state index is 12.2. The minimum atomic E-state index is -3.26. The van der Waals surface area contributed by atoms with Crippen molar-refractivity contribution < 1.29 is 8.42 Å². The first kappa shape index (κ1) is 18.9. The standard InChI is InChI=1S/C15H33N3O2S/c1-3-5-6-7-11-17-21(19,20)18-12-8-15(9-13-18)14-16-10-4-2/h15-17H,3-14H2,1-2H3. The molecule has 0 aromatic heterocycles. The Morgan fingerprint density at radius 2 is 1.71 bits per heavy atom. The van der Waals surface area contributed by atoms with Crippen molar-refractivity contribution >= 4 is 10.2 Å². The lowest BCUT2D eigenvalue weighted by Crippen LogP contribution is -2.46. The van der Waals surface area contributed by atoms with Gasteiger partial charge in [0.1, 0.15) is 0 Å². The summed E-state index contributed by atoms with van der Waals surface area (Å²) in [6.07, 6.45) is 7.47. The second-order valence-corrected chi connectivity index (χ2v) is 7.76. The maximum atomic E-state index is 12.2. The molecule has 0 aliphatic carbocycles. The number of piperidine rings is 1. The molecule has 0 amide bonds. The quantitative estimate of drug-likeness (QED) is 0.573. The zero-order chi connectivity index (χ0) is 15.6. The van der Waals surface area contributed by atoms with E-state index in [1.165, 1.54) is 12.8 Å². The van der Waals surface area contributed by atoms with Gasteiger partial charge in [0, 0.05) is 19.6 Å². The Morgan fingerprint density at radius 1 is 1.00 bits per heavy atom. The fraction of sp³-hybridized carbons (Fsp3) is 1.00. The molecule has 21 heavy (non-hydrogen) atoms. The molecule has 0 aromatic carbocycles. The van der Waals surface area contributed by atoms with Gasteiger partial charge in [-0.3, -0.25) is 0 Å². The summed E-state index contributed by atoms with van der Waals surface area (Å²) in [6.45, 7) is 8.27. The van der Waals surface area contributed by atoms with E-state index < -0.39 is 10.2 Å². The molecule has 0 spiro atoms. The van der Waals surface area contributed by atoms with Crippen LogP contribution in [-0.2, 0) is 10.2 Å². The summed E-state index contributed by atoms with van der Waals surface area (Å²) in [5.74, 6) is 0.618. The van der Waals surface area contributed by atoms with Crippen molar-refractivity contribution in [3.8, 4) is 0 Å². The SMILES string of the molecule is CCCCCCNS(=O)(=O)N1CCC(CNCCC)CC1. The van der Waals surface area contributed by atoms with Gasteiger partial charge in [0.2, 0.25) is 0 Å². The Kier molecular flexibility index (Phi) is 9.47. The summed E-state index contributed by atoms with van der Waals surface area (Å²) in [4.78, 5) is 0. The van der Waals surface area contributed by atoms with Crippen molar-refractivity contribution in [3.63, 3.8) is 0 Å². The van der Waals surface area contributed by atoms with Crippen molar-refractivity contribution in [2.45, 2.75) is 58.8 Å². The lowest BCUT2D eigenvalue weighted by Gasteiger charge is -2.31. The first-order valence-electron chi connectivity index (χ1n) is 8.55. The molecular weight excluding hydrogens is 286 g/mol. The molecular formula is C15H33N3O2S. The molecule has 1 aliphatic heterocycles. The van der Waals surface area contributed by atoms with E-state index in [0.29, 0.717) is 25.6 Å². The summed E-state index contributed by atoms with van der Waals surface area (Å²) in [6, 6.07) is 0. The number of rotatable bonds is 11. The highest BCUT2D eigenvalue weighted by atomic mass is 32.2. The van der Waals surface area contributed by atoms with Gasteiger partial charge < -0.3 is 5.32 Å². The Morgan fingerprint density at radius 3 is 2.33 bits per heavy atom. The second kappa shape index (κ2) is 10.5. The molecule has 0 saturated carbocycles. The number of hydrogen-bond donors (Lipinski definition) is 2. The van der Waals surface area contributed by atoms with Crippen LogP contribution >= 0.6 is 0 Å². The van der Waals surface area contributed by atoms with E-state index in [0.717, 1.165) is 45.2 Å². The third-order valence-corrected chi connectivity index (χ3v) is 5.70. The Labute approximate surface area is 131 Å². The van der Waals surface area contributed by atoms with Crippen molar-refractivity contribution in [2.75, 3.05) is 32.7 Å². The summed E-state index contributed by atoms with van der Waals surface area (Å²) in [5, 5.41) is 3.43. The van der Waals surface area contributed by atoms with Gasteiger partial charge in [0.25, 0.3) is 10.2 Å². The summed E-state index contributed by atoms with van der Waals surface area (Å²) in [7, 11) is -3.26. The fourth-order valence-electron chi connectivity index (χ4n) is 2.68. The summed E-state index contributed by atoms with van der Waals surface area (Å²) >= 11 is 0. The van der Waals surface area contributed by atoms with Crippen molar-refractivity contribution in [1.82, 2.24) is 14.3 Å². The average Bonchev–Trinajstić information content (AvgIpc) is 2.48. The largest absolute Gasteiger partial charge is 0.316 e. The van der Waals surface area contributed by atoms with Gasteiger partial charge in [-0.05, 0) is 44.7 Å². The molecule has 5 nitrogen and oxygen atoms in total. The van der Waals surface area contributed by atoms with E-state index in [1.54, 1.807) is 4.31 Å². The van der Waals surface area contributed by atoms with Crippen LogP contribution in [0.2, 0.25) is 0 Å². The predicted molar refractivity (Wildman–Crippen MR) is 88.5 cm³/mol. The van der Waals surface area contributed by atoms with E-state index in [2.05, 4.69) is 23.9 Å². The van der Waals surface area contributed by atoms with Gasteiger partial charge in [-0.15, -0.1) is 0 Å². The lowest BCUT2D eigenvalue weighted by molar-refractivity contribution is 0.265. The van der Waals surface area contributed by atoms with Gasteiger partial charge >= 0.3 is 0 Å². The van der Waals surface area contributed by atoms with Gasteiger partial charge in [0.05, 0.1) is 0 Å². The van der Waals surface area contributed by atoms with Gasteiger partial charge in [-0.2, -0.15) is 12.7 Å². The monoisotopic (exact) mass is 319 g/mol. The summed E-state index contributed by atoms with van der Waals surface area (Å²) < 4.78 is 28.7. The third-order valence-electron chi connectivity index (χ3n) is 4.09. The molecule has 0 unspecified atom stereocenters. The van der Waals surface area contributed by atoms with Crippen LogP contribution in [0, 0.1) is 5.92 Å². The highest BCUT2D eigenvalue weighted by Crippen LogP contribution is 2.18. The minimum Gasteiger partial charge on any atom is -0.316 e. The first-order valence-corrected chi connectivity index (χ1v) is 9.99. The molecule has 0 bridgehead atoms. The normalized spacial score (nSPS) is 18.2. The molecule has 6 heteroatoms. The molecule has 1 rings (SSSR count). The summed E-state index contributed by atoms with van der Waals surface area (Å²) in [5.41, 5.74) is 0. The highest BCUT2D eigenvalue weighted by molar-refractivity contribution is 7.87. The number of nitrogens with one attached hydrogen (secondary N) is 2. The number of nitrogens with zero attached hydrogens (tertiary/aromatic N) is 1. The average molecular weight is 320 g/mol. The number of hydrogen-bond acceptors (Lipinski definition) is 3. The molecule has 0 radical (unpaired) electrons. The Balaban J connectivity index is 2.22. The van der Waals surface area contributed by atoms with Crippen molar-refractivity contribution in [2.24, 2.45) is 5.92 Å². The van der Waals surface area contributed by atoms with Crippen molar-refractivity contribution in [1.29, 1.82) is 0 Å².